The number of sulfonamides is 1. The van der Waals surface area contributed by atoms with Gasteiger partial charge in [0.25, 0.3) is 5.69 Å². The number of rotatable bonds is 6. The first-order chi connectivity index (χ1) is 8.75. The third-order valence-corrected chi connectivity index (χ3v) is 4.29. The minimum atomic E-state index is -3.67. The number of phenolic OH excluding ortho intramolecular Hbond substituents is 1. The molecule has 19 heavy (non-hydrogen) atoms. The lowest BCUT2D eigenvalue weighted by molar-refractivity contribution is -0.384. The van der Waals surface area contributed by atoms with Crippen molar-refractivity contribution < 1.29 is 18.4 Å². The lowest BCUT2D eigenvalue weighted by Gasteiger charge is -2.11. The van der Waals surface area contributed by atoms with Crippen LogP contribution in [0.1, 0.15) is 6.92 Å². The Labute approximate surface area is 115 Å². The van der Waals surface area contributed by atoms with Crippen molar-refractivity contribution in [2.45, 2.75) is 6.92 Å². The van der Waals surface area contributed by atoms with Crippen LogP contribution in [0.25, 0.3) is 0 Å². The molecule has 1 rings (SSSR count). The number of halogens is 1. The molecule has 106 valence electrons. The number of anilines is 1. The number of phenols is 1. The summed E-state index contributed by atoms with van der Waals surface area (Å²) in [7, 11) is -3.67. The fourth-order valence-electron chi connectivity index (χ4n) is 1.35. The second kappa shape index (κ2) is 6.07. The van der Waals surface area contributed by atoms with Crippen molar-refractivity contribution in [2.75, 3.05) is 16.4 Å². The number of hydrogen-bond donors (Lipinski definition) is 2. The highest BCUT2D eigenvalue weighted by molar-refractivity contribution is 7.92. The van der Waals surface area contributed by atoms with Gasteiger partial charge in [0.1, 0.15) is 5.75 Å². The molecule has 0 saturated carbocycles. The van der Waals surface area contributed by atoms with Crippen molar-refractivity contribution in [3.05, 3.63) is 28.3 Å². The maximum atomic E-state index is 11.7. The Morgan fingerprint density at radius 2 is 2.16 bits per heavy atom. The fourth-order valence-corrected chi connectivity index (χ4v) is 3.04. The van der Waals surface area contributed by atoms with E-state index in [-0.39, 0.29) is 28.9 Å². The minimum Gasteiger partial charge on any atom is -0.505 e. The molecule has 1 aromatic rings. The standard InChI is InChI=1S/C10H13ClN2O5S/c1-7(5-11)6-19(17,18)12-9-3-2-8(13(15)16)4-10(9)14/h2-4,7,12,14H,5-6H2,1H3. The number of alkyl halides is 1. The van der Waals surface area contributed by atoms with E-state index in [0.29, 0.717) is 0 Å². The van der Waals surface area contributed by atoms with Gasteiger partial charge < -0.3 is 5.11 Å². The summed E-state index contributed by atoms with van der Waals surface area (Å²) in [4.78, 5) is 9.79. The SMILES string of the molecule is CC(CCl)CS(=O)(=O)Nc1ccc([N+](=O)[O-])cc1O. The van der Waals surface area contributed by atoms with Crippen molar-refractivity contribution in [1.29, 1.82) is 0 Å². The molecule has 7 nitrogen and oxygen atoms in total. The molecule has 1 atom stereocenters. The highest BCUT2D eigenvalue weighted by Crippen LogP contribution is 2.28. The molecule has 0 aromatic heterocycles. The zero-order valence-electron chi connectivity index (χ0n) is 10.0. The summed E-state index contributed by atoms with van der Waals surface area (Å²) in [5, 5.41) is 20.0. The Kier molecular flexibility index (Phi) is 4.96. The first-order valence-electron chi connectivity index (χ1n) is 5.29. The zero-order valence-corrected chi connectivity index (χ0v) is 11.6. The van der Waals surface area contributed by atoms with Crippen LogP contribution in [0.5, 0.6) is 5.75 Å². The highest BCUT2D eigenvalue weighted by atomic mass is 35.5. The van der Waals surface area contributed by atoms with Gasteiger partial charge in [-0.2, -0.15) is 0 Å². The average Bonchev–Trinajstić information content (AvgIpc) is 2.30. The summed E-state index contributed by atoms with van der Waals surface area (Å²) >= 11 is 5.53. The Balaban J connectivity index is 2.91. The van der Waals surface area contributed by atoms with Crippen molar-refractivity contribution in [1.82, 2.24) is 0 Å². The molecule has 0 aliphatic heterocycles. The largest absolute Gasteiger partial charge is 0.505 e. The van der Waals surface area contributed by atoms with Gasteiger partial charge in [-0.15, -0.1) is 11.6 Å². The molecule has 0 spiro atoms. The van der Waals surface area contributed by atoms with Crippen LogP contribution in [0.2, 0.25) is 0 Å². The fraction of sp³-hybridized carbons (Fsp3) is 0.400. The first-order valence-corrected chi connectivity index (χ1v) is 7.47. The Hall–Kier alpha value is -1.54. The van der Waals surface area contributed by atoms with E-state index in [2.05, 4.69) is 4.72 Å². The van der Waals surface area contributed by atoms with Crippen molar-refractivity contribution in [3.8, 4) is 5.75 Å². The van der Waals surface area contributed by atoms with Crippen molar-refractivity contribution in [3.63, 3.8) is 0 Å². The molecule has 1 unspecified atom stereocenters. The number of aromatic hydroxyl groups is 1. The zero-order chi connectivity index (χ0) is 14.6. The number of benzene rings is 1. The molecule has 0 heterocycles. The van der Waals surface area contributed by atoms with E-state index in [0.717, 1.165) is 18.2 Å². The number of nitrogens with one attached hydrogen (secondary N) is 1. The lowest BCUT2D eigenvalue weighted by atomic mass is 10.2. The third kappa shape index (κ3) is 4.56. The van der Waals surface area contributed by atoms with Crippen LogP contribution < -0.4 is 4.72 Å². The summed E-state index contributed by atoms with van der Waals surface area (Å²) in [6, 6.07) is 3.11. The van der Waals surface area contributed by atoms with E-state index >= 15 is 0 Å². The smallest absolute Gasteiger partial charge is 0.273 e. The second-order valence-corrected chi connectivity index (χ2v) is 6.18. The normalized spacial score (nSPS) is 12.9. The maximum absolute atomic E-state index is 11.7. The Morgan fingerprint density at radius 1 is 1.53 bits per heavy atom. The molecular formula is C10H13ClN2O5S. The van der Waals surface area contributed by atoms with Crippen LogP contribution in [-0.4, -0.2) is 30.1 Å². The van der Waals surface area contributed by atoms with E-state index in [1.165, 1.54) is 0 Å². The molecule has 0 amide bonds. The lowest BCUT2D eigenvalue weighted by Crippen LogP contribution is -2.22. The quantitative estimate of drug-likeness (QED) is 0.361. The summed E-state index contributed by atoms with van der Waals surface area (Å²) in [6.07, 6.45) is 0. The van der Waals surface area contributed by atoms with Gasteiger partial charge in [-0.3, -0.25) is 14.8 Å². The van der Waals surface area contributed by atoms with Crippen molar-refractivity contribution in [2.24, 2.45) is 5.92 Å². The molecule has 0 aliphatic rings. The topological polar surface area (TPSA) is 110 Å². The molecule has 1 aromatic carbocycles. The summed E-state index contributed by atoms with van der Waals surface area (Å²) < 4.78 is 25.6. The number of nitrogens with zero attached hydrogens (tertiary/aromatic N) is 1. The van der Waals surface area contributed by atoms with Crippen LogP contribution >= 0.6 is 11.6 Å². The van der Waals surface area contributed by atoms with Crippen LogP contribution in [0.3, 0.4) is 0 Å². The third-order valence-electron chi connectivity index (χ3n) is 2.22. The predicted molar refractivity (Wildman–Crippen MR) is 72.1 cm³/mol. The molecule has 9 heteroatoms. The van der Waals surface area contributed by atoms with E-state index < -0.39 is 20.7 Å². The Morgan fingerprint density at radius 3 is 2.63 bits per heavy atom. The molecule has 0 fully saturated rings. The van der Waals surface area contributed by atoms with Gasteiger partial charge in [-0.25, -0.2) is 8.42 Å². The van der Waals surface area contributed by atoms with Crippen LogP contribution in [0.4, 0.5) is 11.4 Å². The van der Waals surface area contributed by atoms with E-state index in [9.17, 15) is 23.6 Å². The molecular weight excluding hydrogens is 296 g/mol. The summed E-state index contributed by atoms with van der Waals surface area (Å²) in [6.45, 7) is 1.67. The van der Waals surface area contributed by atoms with Crippen molar-refractivity contribution >= 4 is 33.0 Å². The molecule has 0 radical (unpaired) electrons. The van der Waals surface area contributed by atoms with Crippen LogP contribution in [0, 0.1) is 16.0 Å². The molecule has 0 saturated heterocycles. The van der Waals surface area contributed by atoms with Crippen LogP contribution in [-0.2, 0) is 10.0 Å². The van der Waals surface area contributed by atoms with Gasteiger partial charge >= 0.3 is 0 Å². The minimum absolute atomic E-state index is 0.104. The van der Waals surface area contributed by atoms with Gasteiger partial charge in [-0.05, 0) is 12.0 Å². The summed E-state index contributed by atoms with van der Waals surface area (Å²) in [5.41, 5.74) is -0.429. The monoisotopic (exact) mass is 308 g/mol. The predicted octanol–water partition coefficient (Wildman–Crippen LogP) is 1.92. The van der Waals surface area contributed by atoms with Gasteiger partial charge in [0.2, 0.25) is 10.0 Å². The molecule has 2 N–H and O–H groups in total. The molecule has 0 bridgehead atoms. The molecule has 0 aliphatic carbocycles. The average molecular weight is 309 g/mol. The highest BCUT2D eigenvalue weighted by Gasteiger charge is 2.18. The number of nitro benzene ring substituents is 1. The number of nitro groups is 1. The van der Waals surface area contributed by atoms with E-state index in [4.69, 9.17) is 11.6 Å². The van der Waals surface area contributed by atoms with Gasteiger partial charge in [0.15, 0.2) is 0 Å². The van der Waals surface area contributed by atoms with Crippen LogP contribution in [0.15, 0.2) is 18.2 Å². The Bertz CT molecular complexity index is 575. The van der Waals surface area contributed by atoms with Gasteiger partial charge in [-0.1, -0.05) is 6.92 Å². The van der Waals surface area contributed by atoms with Gasteiger partial charge in [0.05, 0.1) is 22.4 Å². The van der Waals surface area contributed by atoms with Gasteiger partial charge in [0, 0.05) is 11.9 Å². The first kappa shape index (κ1) is 15.5. The maximum Gasteiger partial charge on any atom is 0.273 e. The number of hydrogen-bond acceptors (Lipinski definition) is 5. The summed E-state index contributed by atoms with van der Waals surface area (Å²) in [5.74, 6) is -0.768. The number of non-ortho nitro benzene ring substituents is 1. The second-order valence-electron chi connectivity index (χ2n) is 4.10. The van der Waals surface area contributed by atoms with E-state index in [1.807, 2.05) is 0 Å². The van der Waals surface area contributed by atoms with E-state index in [1.54, 1.807) is 6.92 Å².